The van der Waals surface area contributed by atoms with Crippen LogP contribution in [0.15, 0.2) is 58.1 Å². The highest BCUT2D eigenvalue weighted by molar-refractivity contribution is 7.98. The number of rotatable bonds is 5. The number of pyridine rings is 1. The first-order valence-electron chi connectivity index (χ1n) is 7.89. The highest BCUT2D eigenvalue weighted by Crippen LogP contribution is 2.26. The van der Waals surface area contributed by atoms with Gasteiger partial charge in [0.25, 0.3) is 5.56 Å². The Morgan fingerprint density at radius 3 is 2.70 bits per heavy atom. The van der Waals surface area contributed by atoms with Crippen LogP contribution in [0, 0.1) is 0 Å². The molecule has 0 unspecified atom stereocenters. The van der Waals surface area contributed by atoms with Gasteiger partial charge >= 0.3 is 0 Å². The fraction of sp³-hybridized carbons (Fsp3) is 0.111. The van der Waals surface area contributed by atoms with E-state index in [1.54, 1.807) is 35.5 Å². The molecule has 0 N–H and O–H groups in total. The molecule has 0 saturated carbocycles. The molecule has 4 aromatic rings. The van der Waals surface area contributed by atoms with Gasteiger partial charge in [0.2, 0.25) is 5.88 Å². The third-order valence-electron chi connectivity index (χ3n) is 3.81. The van der Waals surface area contributed by atoms with Crippen LogP contribution in [0.1, 0.15) is 5.56 Å². The van der Waals surface area contributed by atoms with Crippen LogP contribution in [0.2, 0.25) is 5.02 Å². The fourth-order valence-electron chi connectivity index (χ4n) is 2.47. The van der Waals surface area contributed by atoms with Crippen molar-refractivity contribution >= 4 is 45.0 Å². The molecule has 3 heterocycles. The Bertz CT molecular complexity index is 1140. The van der Waals surface area contributed by atoms with Gasteiger partial charge in [0, 0.05) is 16.8 Å². The topological polar surface area (TPSA) is 69.9 Å². The van der Waals surface area contributed by atoms with Crippen LogP contribution in [-0.4, -0.2) is 26.6 Å². The lowest BCUT2D eigenvalue weighted by Crippen LogP contribution is -2.21. The van der Waals surface area contributed by atoms with Crippen molar-refractivity contribution in [2.75, 3.05) is 7.11 Å². The molecule has 0 radical (unpaired) electrons. The minimum atomic E-state index is -0.159. The summed E-state index contributed by atoms with van der Waals surface area (Å²) in [5.41, 5.74) is 3.64. The van der Waals surface area contributed by atoms with E-state index in [1.807, 2.05) is 24.3 Å². The van der Waals surface area contributed by atoms with Crippen molar-refractivity contribution in [1.82, 2.24) is 19.5 Å². The Morgan fingerprint density at radius 1 is 1.19 bits per heavy atom. The maximum atomic E-state index is 13.0. The number of thioether (sulfide) groups is 1. The second kappa shape index (κ2) is 7.67. The SMILES string of the molecule is COc1ccc(-n2c(SCc3ccc(Cl)cc3)nc3ncsc3c2=O)cn1. The van der Waals surface area contributed by atoms with E-state index >= 15 is 0 Å². The third kappa shape index (κ3) is 3.69. The van der Waals surface area contributed by atoms with Gasteiger partial charge < -0.3 is 4.74 Å². The zero-order valence-electron chi connectivity index (χ0n) is 14.1. The molecular formula is C18H13ClN4O2S2. The second-order valence-corrected chi connectivity index (χ2v) is 7.75. The van der Waals surface area contributed by atoms with Crippen LogP contribution in [0.5, 0.6) is 5.88 Å². The molecule has 0 aliphatic rings. The number of thiazole rings is 1. The maximum absolute atomic E-state index is 13.0. The van der Waals surface area contributed by atoms with E-state index < -0.39 is 0 Å². The monoisotopic (exact) mass is 416 g/mol. The smallest absolute Gasteiger partial charge is 0.278 e. The highest BCUT2D eigenvalue weighted by atomic mass is 35.5. The number of ether oxygens (including phenoxy) is 1. The molecular weight excluding hydrogens is 404 g/mol. The van der Waals surface area contributed by atoms with Crippen LogP contribution in [0.3, 0.4) is 0 Å². The highest BCUT2D eigenvalue weighted by Gasteiger charge is 2.16. The Kier molecular flexibility index (Phi) is 5.11. The summed E-state index contributed by atoms with van der Waals surface area (Å²) in [6.07, 6.45) is 1.60. The van der Waals surface area contributed by atoms with Gasteiger partial charge in [-0.05, 0) is 23.8 Å². The van der Waals surface area contributed by atoms with Crippen molar-refractivity contribution in [1.29, 1.82) is 0 Å². The molecule has 6 nitrogen and oxygen atoms in total. The molecule has 0 aliphatic carbocycles. The number of nitrogens with zero attached hydrogens (tertiary/aromatic N) is 4. The van der Waals surface area contributed by atoms with Crippen molar-refractivity contribution in [3.63, 3.8) is 0 Å². The van der Waals surface area contributed by atoms with E-state index in [2.05, 4.69) is 15.0 Å². The molecule has 136 valence electrons. The van der Waals surface area contributed by atoms with E-state index in [0.717, 1.165) is 5.56 Å². The third-order valence-corrected chi connectivity index (χ3v) is 5.87. The van der Waals surface area contributed by atoms with Crippen LogP contribution >= 0.6 is 34.7 Å². The van der Waals surface area contributed by atoms with E-state index in [9.17, 15) is 4.79 Å². The maximum Gasteiger partial charge on any atom is 0.278 e. The molecule has 0 atom stereocenters. The summed E-state index contributed by atoms with van der Waals surface area (Å²) in [5, 5.41) is 1.24. The van der Waals surface area contributed by atoms with Crippen molar-refractivity contribution in [2.45, 2.75) is 10.9 Å². The van der Waals surface area contributed by atoms with Gasteiger partial charge in [-0.15, -0.1) is 11.3 Å². The van der Waals surface area contributed by atoms with Gasteiger partial charge in [-0.2, -0.15) is 0 Å². The molecule has 9 heteroatoms. The normalized spacial score (nSPS) is 11.0. The van der Waals surface area contributed by atoms with E-state index in [-0.39, 0.29) is 5.56 Å². The quantitative estimate of drug-likeness (QED) is 0.359. The Balaban J connectivity index is 1.77. The molecule has 0 spiro atoms. The summed E-state index contributed by atoms with van der Waals surface area (Å²) in [4.78, 5) is 26.0. The summed E-state index contributed by atoms with van der Waals surface area (Å²) in [7, 11) is 1.55. The summed E-state index contributed by atoms with van der Waals surface area (Å²) in [6, 6.07) is 11.1. The fourth-order valence-corrected chi connectivity index (χ4v) is 4.21. The van der Waals surface area contributed by atoms with Gasteiger partial charge in [-0.1, -0.05) is 35.5 Å². The first-order valence-corrected chi connectivity index (χ1v) is 10.1. The van der Waals surface area contributed by atoms with Gasteiger partial charge in [0.15, 0.2) is 10.8 Å². The van der Waals surface area contributed by atoms with E-state index in [4.69, 9.17) is 16.3 Å². The molecule has 27 heavy (non-hydrogen) atoms. The number of hydrogen-bond donors (Lipinski definition) is 0. The van der Waals surface area contributed by atoms with E-state index in [0.29, 0.717) is 37.8 Å². The summed E-state index contributed by atoms with van der Waals surface area (Å²) >= 11 is 8.68. The van der Waals surface area contributed by atoms with Crippen LogP contribution in [0.25, 0.3) is 16.0 Å². The molecule has 0 saturated heterocycles. The average Bonchev–Trinajstić information content (AvgIpc) is 3.17. The van der Waals surface area contributed by atoms with Crippen LogP contribution in [0.4, 0.5) is 0 Å². The van der Waals surface area contributed by atoms with Gasteiger partial charge in [-0.25, -0.2) is 15.0 Å². The van der Waals surface area contributed by atoms with Crippen LogP contribution < -0.4 is 10.3 Å². The van der Waals surface area contributed by atoms with Crippen molar-refractivity contribution in [3.8, 4) is 11.6 Å². The number of fused-ring (bicyclic) bond motifs is 1. The Hall–Kier alpha value is -2.42. The lowest BCUT2D eigenvalue weighted by atomic mass is 10.2. The summed E-state index contributed by atoms with van der Waals surface area (Å²) in [5.74, 6) is 1.12. The van der Waals surface area contributed by atoms with Crippen molar-refractivity contribution in [3.05, 3.63) is 69.0 Å². The number of hydrogen-bond acceptors (Lipinski definition) is 7. The zero-order chi connectivity index (χ0) is 18.8. The molecule has 4 rings (SSSR count). The number of benzene rings is 1. The standard InChI is InChI=1S/C18H13ClN4O2S2/c1-25-14-7-6-13(8-20-14)23-17(24)15-16(21-10-27-15)22-18(23)26-9-11-2-4-12(19)5-3-11/h2-8,10H,9H2,1H3. The minimum absolute atomic E-state index is 0.159. The lowest BCUT2D eigenvalue weighted by molar-refractivity contribution is 0.397. The first-order chi connectivity index (χ1) is 13.2. The van der Waals surface area contributed by atoms with Crippen molar-refractivity contribution in [2.24, 2.45) is 0 Å². The van der Waals surface area contributed by atoms with Gasteiger partial charge in [0.1, 0.15) is 4.70 Å². The van der Waals surface area contributed by atoms with Crippen LogP contribution in [-0.2, 0) is 5.75 Å². The van der Waals surface area contributed by atoms with Gasteiger partial charge in [-0.3, -0.25) is 9.36 Å². The number of halogens is 1. The molecule has 0 bridgehead atoms. The van der Waals surface area contributed by atoms with E-state index in [1.165, 1.54) is 23.1 Å². The number of methoxy groups -OCH3 is 1. The van der Waals surface area contributed by atoms with Gasteiger partial charge in [0.05, 0.1) is 24.5 Å². The second-order valence-electron chi connectivity index (χ2n) is 5.51. The first kappa shape index (κ1) is 18.0. The molecule has 0 amide bonds. The average molecular weight is 417 g/mol. The Morgan fingerprint density at radius 2 is 2.00 bits per heavy atom. The summed E-state index contributed by atoms with van der Waals surface area (Å²) in [6.45, 7) is 0. The van der Waals surface area contributed by atoms with Crippen molar-refractivity contribution < 1.29 is 4.74 Å². The molecule has 0 fully saturated rings. The minimum Gasteiger partial charge on any atom is -0.481 e. The largest absolute Gasteiger partial charge is 0.481 e. The molecule has 1 aromatic carbocycles. The summed E-state index contributed by atoms with van der Waals surface area (Å²) < 4.78 is 7.18. The number of aromatic nitrogens is 4. The Labute approximate surface area is 167 Å². The predicted octanol–water partition coefficient (Wildman–Crippen LogP) is 4.19. The lowest BCUT2D eigenvalue weighted by Gasteiger charge is -2.12. The zero-order valence-corrected chi connectivity index (χ0v) is 16.5. The molecule has 0 aliphatic heterocycles. The molecule has 3 aromatic heterocycles. The predicted molar refractivity (Wildman–Crippen MR) is 108 cm³/mol.